The summed E-state index contributed by atoms with van der Waals surface area (Å²) < 4.78 is 11.3. The van der Waals surface area contributed by atoms with Gasteiger partial charge in [-0.15, -0.1) is 0 Å². The first-order valence-corrected chi connectivity index (χ1v) is 7.27. The van der Waals surface area contributed by atoms with Gasteiger partial charge in [0.25, 0.3) is 0 Å². The fraction of sp³-hybridized carbons (Fsp3) is 0.571. The molecule has 1 unspecified atom stereocenters. The standard InChI is InChI=1S/C14H21ClN2O3/c15-11-7-10(12(9-16)17-3-1-4-18)8-13-14(11)20-6-2-5-19-13/h7-8,12,17-18H,1-6,9,16H2. The largest absolute Gasteiger partial charge is 0.489 e. The lowest BCUT2D eigenvalue weighted by Gasteiger charge is -2.19. The van der Waals surface area contributed by atoms with Crippen LogP contribution < -0.4 is 20.5 Å². The third-order valence-corrected chi connectivity index (χ3v) is 3.47. The number of hydrogen-bond acceptors (Lipinski definition) is 5. The van der Waals surface area contributed by atoms with Crippen LogP contribution in [0, 0.1) is 0 Å². The van der Waals surface area contributed by atoms with Gasteiger partial charge < -0.3 is 25.6 Å². The summed E-state index contributed by atoms with van der Waals surface area (Å²) in [4.78, 5) is 0. The zero-order valence-electron chi connectivity index (χ0n) is 11.4. The first-order valence-electron chi connectivity index (χ1n) is 6.89. The highest BCUT2D eigenvalue weighted by molar-refractivity contribution is 6.32. The van der Waals surface area contributed by atoms with Crippen molar-refractivity contribution >= 4 is 11.6 Å². The summed E-state index contributed by atoms with van der Waals surface area (Å²) >= 11 is 6.27. The molecule has 0 saturated carbocycles. The van der Waals surface area contributed by atoms with Gasteiger partial charge in [-0.1, -0.05) is 11.6 Å². The molecule has 4 N–H and O–H groups in total. The van der Waals surface area contributed by atoms with Crippen LogP contribution in [-0.4, -0.2) is 38.0 Å². The summed E-state index contributed by atoms with van der Waals surface area (Å²) in [5.41, 5.74) is 6.78. The average Bonchev–Trinajstić information content (AvgIpc) is 2.69. The average molecular weight is 301 g/mol. The molecule has 112 valence electrons. The maximum atomic E-state index is 8.83. The Balaban J connectivity index is 2.18. The fourth-order valence-corrected chi connectivity index (χ4v) is 2.42. The molecule has 5 nitrogen and oxygen atoms in total. The number of benzene rings is 1. The van der Waals surface area contributed by atoms with Gasteiger partial charge in [-0.2, -0.15) is 0 Å². The number of ether oxygens (including phenoxy) is 2. The Labute approximate surface area is 124 Å². The van der Waals surface area contributed by atoms with Crippen molar-refractivity contribution in [1.29, 1.82) is 0 Å². The highest BCUT2D eigenvalue weighted by Gasteiger charge is 2.18. The summed E-state index contributed by atoms with van der Waals surface area (Å²) in [6, 6.07) is 3.77. The van der Waals surface area contributed by atoms with E-state index in [4.69, 9.17) is 31.9 Å². The Morgan fingerprint density at radius 3 is 2.90 bits per heavy atom. The quantitative estimate of drug-likeness (QED) is 0.694. The molecular formula is C14H21ClN2O3. The van der Waals surface area contributed by atoms with Crippen molar-refractivity contribution < 1.29 is 14.6 Å². The summed E-state index contributed by atoms with van der Waals surface area (Å²) in [7, 11) is 0. The lowest BCUT2D eigenvalue weighted by Crippen LogP contribution is -2.29. The Bertz CT molecular complexity index is 443. The van der Waals surface area contributed by atoms with Gasteiger partial charge in [0.05, 0.1) is 18.2 Å². The minimum absolute atomic E-state index is 0.0174. The van der Waals surface area contributed by atoms with Gasteiger partial charge in [-0.25, -0.2) is 0 Å². The molecule has 0 spiro atoms. The van der Waals surface area contributed by atoms with Crippen molar-refractivity contribution in [2.24, 2.45) is 5.73 Å². The second kappa shape index (κ2) is 7.69. The van der Waals surface area contributed by atoms with E-state index in [0.29, 0.717) is 49.2 Å². The molecule has 0 fully saturated rings. The molecule has 0 bridgehead atoms. The summed E-state index contributed by atoms with van der Waals surface area (Å²) in [6.45, 7) is 2.54. The zero-order chi connectivity index (χ0) is 14.4. The molecule has 1 atom stereocenters. The minimum Gasteiger partial charge on any atom is -0.489 e. The van der Waals surface area contributed by atoms with Crippen molar-refractivity contribution in [3.05, 3.63) is 22.7 Å². The normalized spacial score (nSPS) is 15.8. The minimum atomic E-state index is -0.0174. The Morgan fingerprint density at radius 2 is 2.15 bits per heavy atom. The molecule has 20 heavy (non-hydrogen) atoms. The van der Waals surface area contributed by atoms with Crippen LogP contribution in [0.25, 0.3) is 0 Å². The van der Waals surface area contributed by atoms with E-state index >= 15 is 0 Å². The highest BCUT2D eigenvalue weighted by Crippen LogP contribution is 2.39. The Hall–Kier alpha value is -1.01. The van der Waals surface area contributed by atoms with Crippen LogP contribution in [0.1, 0.15) is 24.4 Å². The molecule has 0 saturated heterocycles. The van der Waals surface area contributed by atoms with E-state index < -0.39 is 0 Å². The molecule has 1 aromatic rings. The van der Waals surface area contributed by atoms with Gasteiger partial charge in [0.1, 0.15) is 0 Å². The van der Waals surface area contributed by atoms with Crippen molar-refractivity contribution in [3.63, 3.8) is 0 Å². The predicted octanol–water partition coefficient (Wildman–Crippen LogP) is 1.47. The molecule has 1 aliphatic rings. The Morgan fingerprint density at radius 1 is 1.35 bits per heavy atom. The molecule has 0 amide bonds. The van der Waals surface area contributed by atoms with Crippen LogP contribution in [0.15, 0.2) is 12.1 Å². The van der Waals surface area contributed by atoms with Crippen molar-refractivity contribution in [2.75, 3.05) is 32.9 Å². The van der Waals surface area contributed by atoms with Crippen LogP contribution in [0.5, 0.6) is 11.5 Å². The summed E-state index contributed by atoms with van der Waals surface area (Å²) in [5, 5.41) is 12.7. The van der Waals surface area contributed by atoms with Crippen molar-refractivity contribution in [1.82, 2.24) is 5.32 Å². The lowest BCUT2D eigenvalue weighted by molar-refractivity contribution is 0.283. The molecule has 1 aromatic carbocycles. The van der Waals surface area contributed by atoms with Gasteiger partial charge in [0, 0.05) is 25.6 Å². The monoisotopic (exact) mass is 300 g/mol. The van der Waals surface area contributed by atoms with E-state index in [0.717, 1.165) is 12.0 Å². The summed E-state index contributed by atoms with van der Waals surface area (Å²) in [5.74, 6) is 1.28. The van der Waals surface area contributed by atoms with Gasteiger partial charge in [0.15, 0.2) is 11.5 Å². The predicted molar refractivity (Wildman–Crippen MR) is 78.6 cm³/mol. The van der Waals surface area contributed by atoms with Gasteiger partial charge in [-0.3, -0.25) is 0 Å². The van der Waals surface area contributed by atoms with E-state index in [1.807, 2.05) is 12.1 Å². The van der Waals surface area contributed by atoms with Crippen molar-refractivity contribution in [3.8, 4) is 11.5 Å². The topological polar surface area (TPSA) is 76.7 Å². The lowest BCUT2D eigenvalue weighted by atomic mass is 10.1. The molecule has 2 rings (SSSR count). The second-order valence-electron chi connectivity index (χ2n) is 4.70. The van der Waals surface area contributed by atoms with E-state index in [1.54, 1.807) is 0 Å². The van der Waals surface area contributed by atoms with Gasteiger partial charge in [-0.05, 0) is 30.7 Å². The third-order valence-electron chi connectivity index (χ3n) is 3.19. The molecule has 6 heteroatoms. The van der Waals surface area contributed by atoms with E-state index in [-0.39, 0.29) is 12.6 Å². The van der Waals surface area contributed by atoms with Crippen molar-refractivity contribution in [2.45, 2.75) is 18.9 Å². The van der Waals surface area contributed by atoms with Crippen LogP contribution in [0.4, 0.5) is 0 Å². The molecule has 1 heterocycles. The molecule has 0 aliphatic carbocycles. The molecule has 1 aliphatic heterocycles. The van der Waals surface area contributed by atoms with Gasteiger partial charge in [0.2, 0.25) is 0 Å². The maximum Gasteiger partial charge on any atom is 0.179 e. The SMILES string of the molecule is NCC(NCCCO)c1cc(Cl)c2c(c1)OCCCO2. The van der Waals surface area contributed by atoms with Crippen LogP contribution in [0.3, 0.4) is 0 Å². The number of halogens is 1. The maximum absolute atomic E-state index is 8.83. The highest BCUT2D eigenvalue weighted by atomic mass is 35.5. The van der Waals surface area contributed by atoms with E-state index in [9.17, 15) is 0 Å². The smallest absolute Gasteiger partial charge is 0.179 e. The number of aliphatic hydroxyl groups is 1. The number of aliphatic hydroxyl groups excluding tert-OH is 1. The second-order valence-corrected chi connectivity index (χ2v) is 5.11. The number of nitrogens with two attached hydrogens (primary N) is 1. The fourth-order valence-electron chi connectivity index (χ4n) is 2.14. The van der Waals surface area contributed by atoms with E-state index in [1.165, 1.54) is 0 Å². The van der Waals surface area contributed by atoms with Crippen LogP contribution >= 0.6 is 11.6 Å². The number of rotatable bonds is 6. The van der Waals surface area contributed by atoms with E-state index in [2.05, 4.69) is 5.32 Å². The molecular weight excluding hydrogens is 280 g/mol. The Kier molecular flexibility index (Phi) is 5.91. The molecule has 0 aromatic heterocycles. The third kappa shape index (κ3) is 3.76. The number of fused-ring (bicyclic) bond motifs is 1. The van der Waals surface area contributed by atoms with Crippen LogP contribution in [-0.2, 0) is 0 Å². The molecule has 0 radical (unpaired) electrons. The number of nitrogens with one attached hydrogen (secondary N) is 1. The number of hydrogen-bond donors (Lipinski definition) is 3. The first kappa shape index (κ1) is 15.4. The van der Waals surface area contributed by atoms with Gasteiger partial charge >= 0.3 is 0 Å². The zero-order valence-corrected chi connectivity index (χ0v) is 12.2. The first-order chi connectivity index (χ1) is 9.76. The van der Waals surface area contributed by atoms with Crippen LogP contribution in [0.2, 0.25) is 5.02 Å². The summed E-state index contributed by atoms with van der Waals surface area (Å²) in [6.07, 6.45) is 1.53.